The number of aryl methyl sites for hydroxylation is 2. The summed E-state index contributed by atoms with van der Waals surface area (Å²) in [5, 5.41) is 13.2. The number of hydrogen-bond donors (Lipinski definition) is 2. The van der Waals surface area contributed by atoms with Crippen LogP contribution >= 0.6 is 11.8 Å². The van der Waals surface area contributed by atoms with Crippen molar-refractivity contribution in [2.45, 2.75) is 43.8 Å². The van der Waals surface area contributed by atoms with Gasteiger partial charge in [-0.3, -0.25) is 0 Å². The monoisotopic (exact) mass is 292 g/mol. The summed E-state index contributed by atoms with van der Waals surface area (Å²) in [4.78, 5) is 15.9. The molecule has 0 amide bonds. The summed E-state index contributed by atoms with van der Waals surface area (Å²) in [5.74, 6) is 0.894. The molecular formula is C15H20N2O2S. The van der Waals surface area contributed by atoms with Gasteiger partial charge in [-0.1, -0.05) is 6.42 Å². The van der Waals surface area contributed by atoms with Crippen molar-refractivity contribution in [1.82, 2.24) is 4.98 Å². The minimum atomic E-state index is -0.883. The number of carboxylic acids is 1. The smallest absolute Gasteiger partial charge is 0.339 e. The Balaban J connectivity index is 1.75. The number of nitrogens with zero attached hydrogens (tertiary/aromatic N) is 1. The minimum absolute atomic E-state index is 0.325. The summed E-state index contributed by atoms with van der Waals surface area (Å²) in [7, 11) is 0. The summed E-state index contributed by atoms with van der Waals surface area (Å²) in [5.41, 5.74) is 2.51. The predicted octanol–water partition coefficient (Wildman–Crippen LogP) is 2.97. The number of rotatable bonds is 4. The van der Waals surface area contributed by atoms with Gasteiger partial charge in [0.05, 0.1) is 0 Å². The van der Waals surface area contributed by atoms with E-state index in [9.17, 15) is 9.90 Å². The van der Waals surface area contributed by atoms with Gasteiger partial charge in [0.1, 0.15) is 11.4 Å². The molecule has 1 unspecified atom stereocenters. The lowest BCUT2D eigenvalue weighted by molar-refractivity contribution is 0.0697. The lowest BCUT2D eigenvalue weighted by Crippen LogP contribution is -2.22. The lowest BCUT2D eigenvalue weighted by Gasteiger charge is -2.22. The Morgan fingerprint density at radius 3 is 3.05 bits per heavy atom. The van der Waals surface area contributed by atoms with Crippen LogP contribution in [0.5, 0.6) is 0 Å². The average Bonchev–Trinajstić information content (AvgIpc) is 2.92. The van der Waals surface area contributed by atoms with E-state index in [0.29, 0.717) is 16.6 Å². The fourth-order valence-corrected chi connectivity index (χ4v) is 4.19. The first kappa shape index (κ1) is 13.7. The summed E-state index contributed by atoms with van der Waals surface area (Å²) < 4.78 is 0. The van der Waals surface area contributed by atoms with Gasteiger partial charge in [-0.2, -0.15) is 11.8 Å². The second-order valence-electron chi connectivity index (χ2n) is 5.52. The number of carbonyl (C=O) groups is 1. The van der Waals surface area contributed by atoms with Gasteiger partial charge < -0.3 is 10.4 Å². The average molecular weight is 292 g/mol. The van der Waals surface area contributed by atoms with Gasteiger partial charge in [-0.15, -0.1) is 0 Å². The van der Waals surface area contributed by atoms with Gasteiger partial charge >= 0.3 is 5.97 Å². The molecule has 0 radical (unpaired) electrons. The molecule has 2 N–H and O–H groups in total. The third-order valence-electron chi connectivity index (χ3n) is 4.05. The van der Waals surface area contributed by atoms with Crippen molar-refractivity contribution in [3.8, 4) is 0 Å². The van der Waals surface area contributed by atoms with E-state index in [1.165, 1.54) is 25.0 Å². The highest BCUT2D eigenvalue weighted by molar-refractivity contribution is 7.99. The number of carboxylic acid groups (broad SMARTS) is 1. The predicted molar refractivity (Wildman–Crippen MR) is 81.8 cm³/mol. The number of hydrogen-bond acceptors (Lipinski definition) is 4. The molecule has 0 aromatic carbocycles. The van der Waals surface area contributed by atoms with E-state index in [0.717, 1.165) is 37.1 Å². The highest BCUT2D eigenvalue weighted by Gasteiger charge is 2.21. The van der Waals surface area contributed by atoms with Crippen LogP contribution in [0, 0.1) is 0 Å². The molecule has 1 fully saturated rings. The molecule has 1 saturated heterocycles. The fourth-order valence-electron chi connectivity index (χ4n) is 2.95. The molecule has 0 spiro atoms. The zero-order valence-electron chi connectivity index (χ0n) is 11.5. The number of nitrogens with one attached hydrogen (secondary N) is 1. The Morgan fingerprint density at radius 1 is 1.40 bits per heavy atom. The fraction of sp³-hybridized carbons (Fsp3) is 0.600. The molecule has 1 aromatic rings. The van der Waals surface area contributed by atoms with Crippen LogP contribution in [0.25, 0.3) is 0 Å². The van der Waals surface area contributed by atoms with E-state index >= 15 is 0 Å². The molecule has 1 atom stereocenters. The van der Waals surface area contributed by atoms with E-state index in [-0.39, 0.29) is 0 Å². The van der Waals surface area contributed by atoms with Gasteiger partial charge in [0.15, 0.2) is 0 Å². The summed E-state index contributed by atoms with van der Waals surface area (Å²) >= 11 is 1.98. The molecular weight excluding hydrogens is 272 g/mol. The maximum Gasteiger partial charge on any atom is 0.339 e. The number of thioether (sulfide) groups is 1. The van der Waals surface area contributed by atoms with Gasteiger partial charge in [-0.05, 0) is 49.5 Å². The molecule has 2 aliphatic rings. The van der Waals surface area contributed by atoms with Crippen molar-refractivity contribution in [3.05, 3.63) is 22.9 Å². The number of pyridine rings is 1. The second kappa shape index (κ2) is 6.04. The Labute approximate surface area is 123 Å². The Kier molecular flexibility index (Phi) is 4.15. The lowest BCUT2D eigenvalue weighted by atomic mass is 10.1. The molecule has 20 heavy (non-hydrogen) atoms. The topological polar surface area (TPSA) is 62.2 Å². The number of anilines is 1. The van der Waals surface area contributed by atoms with Crippen molar-refractivity contribution in [2.24, 2.45) is 0 Å². The maximum atomic E-state index is 11.4. The molecule has 1 aromatic heterocycles. The molecule has 1 aliphatic heterocycles. The van der Waals surface area contributed by atoms with Crippen LogP contribution in [0.4, 0.5) is 5.82 Å². The van der Waals surface area contributed by atoms with Crippen LogP contribution < -0.4 is 5.32 Å². The van der Waals surface area contributed by atoms with Crippen molar-refractivity contribution in [2.75, 3.05) is 17.6 Å². The van der Waals surface area contributed by atoms with Gasteiger partial charge in [0.25, 0.3) is 0 Å². The van der Waals surface area contributed by atoms with Crippen molar-refractivity contribution < 1.29 is 9.90 Å². The van der Waals surface area contributed by atoms with Crippen molar-refractivity contribution >= 4 is 23.5 Å². The van der Waals surface area contributed by atoms with E-state index in [1.54, 1.807) is 0 Å². The highest BCUT2D eigenvalue weighted by atomic mass is 32.2. The molecule has 5 heteroatoms. The van der Waals surface area contributed by atoms with Crippen LogP contribution in [0.1, 0.15) is 47.3 Å². The minimum Gasteiger partial charge on any atom is -0.478 e. The molecule has 2 heterocycles. The number of fused-ring (bicyclic) bond motifs is 1. The Bertz CT molecular complexity index is 513. The number of aromatic nitrogens is 1. The Morgan fingerprint density at radius 2 is 2.30 bits per heavy atom. The summed E-state index contributed by atoms with van der Waals surface area (Å²) in [6, 6.07) is 1.81. The Hall–Kier alpha value is -1.23. The van der Waals surface area contributed by atoms with Crippen LogP contribution in [-0.4, -0.2) is 33.6 Å². The van der Waals surface area contributed by atoms with E-state index in [1.807, 2.05) is 17.8 Å². The van der Waals surface area contributed by atoms with E-state index in [2.05, 4.69) is 10.3 Å². The normalized spacial score (nSPS) is 21.5. The first-order valence-electron chi connectivity index (χ1n) is 7.35. The first-order valence-corrected chi connectivity index (χ1v) is 8.40. The van der Waals surface area contributed by atoms with Gasteiger partial charge in [0, 0.05) is 17.5 Å². The van der Waals surface area contributed by atoms with Gasteiger partial charge in [0.2, 0.25) is 0 Å². The number of aromatic carboxylic acids is 1. The SMILES string of the molecule is O=C(O)c1cc2c(nc1NCC1CCCCS1)CCC2. The third-order valence-corrected chi connectivity index (χ3v) is 5.45. The molecule has 1 aliphatic carbocycles. The highest BCUT2D eigenvalue weighted by Crippen LogP contribution is 2.28. The van der Waals surface area contributed by atoms with Crippen LogP contribution in [-0.2, 0) is 12.8 Å². The van der Waals surface area contributed by atoms with Crippen molar-refractivity contribution in [1.29, 1.82) is 0 Å². The van der Waals surface area contributed by atoms with Crippen LogP contribution in [0.15, 0.2) is 6.07 Å². The molecule has 0 bridgehead atoms. The molecule has 0 saturated carbocycles. The first-order chi connectivity index (χ1) is 9.74. The summed E-state index contributed by atoms with van der Waals surface area (Å²) in [6.07, 6.45) is 6.82. The zero-order valence-corrected chi connectivity index (χ0v) is 12.3. The third kappa shape index (κ3) is 2.92. The second-order valence-corrected chi connectivity index (χ2v) is 6.93. The molecule has 108 valence electrons. The molecule has 4 nitrogen and oxygen atoms in total. The standard InChI is InChI=1S/C15H20N2O2S/c18-15(19)12-8-10-4-3-6-13(10)17-14(12)16-9-11-5-1-2-7-20-11/h8,11H,1-7,9H2,(H,16,17)(H,18,19). The largest absolute Gasteiger partial charge is 0.478 e. The van der Waals surface area contributed by atoms with Gasteiger partial charge in [-0.25, -0.2) is 9.78 Å². The van der Waals surface area contributed by atoms with Crippen LogP contribution in [0.2, 0.25) is 0 Å². The molecule has 3 rings (SSSR count). The maximum absolute atomic E-state index is 11.4. The van der Waals surface area contributed by atoms with E-state index in [4.69, 9.17) is 0 Å². The van der Waals surface area contributed by atoms with Crippen molar-refractivity contribution in [3.63, 3.8) is 0 Å². The summed E-state index contributed by atoms with van der Waals surface area (Å²) in [6.45, 7) is 0.816. The zero-order chi connectivity index (χ0) is 13.9. The van der Waals surface area contributed by atoms with Crippen LogP contribution in [0.3, 0.4) is 0 Å². The quantitative estimate of drug-likeness (QED) is 0.893. The van der Waals surface area contributed by atoms with E-state index < -0.39 is 5.97 Å².